The van der Waals surface area contributed by atoms with E-state index in [1.807, 2.05) is 6.92 Å². The van der Waals surface area contributed by atoms with Gasteiger partial charge in [-0.1, -0.05) is 37.6 Å². The van der Waals surface area contributed by atoms with Crippen LogP contribution in [0.5, 0.6) is 0 Å². The fraction of sp³-hybridized carbons (Fsp3) is 0.211. The second-order valence-electron chi connectivity index (χ2n) is 5.54. The summed E-state index contributed by atoms with van der Waals surface area (Å²) >= 11 is 5.11. The molecule has 5 nitrogen and oxygen atoms in total. The Morgan fingerprint density at radius 1 is 1.00 bits per heavy atom. The van der Waals surface area contributed by atoms with Crippen molar-refractivity contribution in [1.29, 1.82) is 0 Å². The van der Waals surface area contributed by atoms with E-state index in [-0.39, 0.29) is 16.6 Å². The summed E-state index contributed by atoms with van der Waals surface area (Å²) in [6.07, 6.45) is 1.87. The number of para-hydroxylation sites is 1. The molecule has 0 bridgehead atoms. The summed E-state index contributed by atoms with van der Waals surface area (Å²) in [4.78, 5) is 24.4. The van der Waals surface area contributed by atoms with Crippen LogP contribution in [-0.4, -0.2) is 23.5 Å². The first-order valence-corrected chi connectivity index (χ1v) is 8.67. The van der Waals surface area contributed by atoms with Gasteiger partial charge in [0, 0.05) is 6.54 Å². The molecule has 136 valence electrons. The van der Waals surface area contributed by atoms with Crippen molar-refractivity contribution in [3.8, 4) is 0 Å². The lowest BCUT2D eigenvalue weighted by Gasteiger charge is -2.13. The first kappa shape index (κ1) is 19.5. The van der Waals surface area contributed by atoms with Crippen LogP contribution in [-0.2, 0) is 0 Å². The second kappa shape index (κ2) is 9.62. The number of hydrogen-bond donors (Lipinski definition) is 3. The number of unbranched alkanes of at least 4 members (excludes halogenated alkanes) is 1. The summed E-state index contributed by atoms with van der Waals surface area (Å²) in [5, 5.41) is 8.04. The highest BCUT2D eigenvalue weighted by atomic mass is 32.1. The predicted molar refractivity (Wildman–Crippen MR) is 104 cm³/mol. The van der Waals surface area contributed by atoms with Gasteiger partial charge in [0.15, 0.2) is 5.11 Å². The van der Waals surface area contributed by atoms with Crippen LogP contribution >= 0.6 is 12.2 Å². The number of amides is 2. The Morgan fingerprint density at radius 2 is 1.65 bits per heavy atom. The van der Waals surface area contributed by atoms with E-state index in [0.29, 0.717) is 17.8 Å². The average Bonchev–Trinajstić information content (AvgIpc) is 2.62. The Kier molecular flexibility index (Phi) is 7.23. The molecule has 0 saturated heterocycles. The van der Waals surface area contributed by atoms with Crippen LogP contribution in [0.4, 0.5) is 10.1 Å². The Bertz CT molecular complexity index is 811. The van der Waals surface area contributed by atoms with Gasteiger partial charge in [0.25, 0.3) is 11.8 Å². The van der Waals surface area contributed by atoms with Crippen molar-refractivity contribution in [1.82, 2.24) is 10.6 Å². The normalized spacial score (nSPS) is 10.1. The number of benzene rings is 2. The molecule has 7 heteroatoms. The van der Waals surface area contributed by atoms with Gasteiger partial charge in [-0.15, -0.1) is 0 Å². The van der Waals surface area contributed by atoms with E-state index in [1.165, 1.54) is 18.2 Å². The molecule has 0 atom stereocenters. The van der Waals surface area contributed by atoms with Gasteiger partial charge in [-0.2, -0.15) is 0 Å². The number of rotatable bonds is 6. The molecule has 0 aliphatic heterocycles. The summed E-state index contributed by atoms with van der Waals surface area (Å²) in [6, 6.07) is 12.4. The van der Waals surface area contributed by atoms with Crippen LogP contribution in [0.15, 0.2) is 48.5 Å². The summed E-state index contributed by atoms with van der Waals surface area (Å²) in [6.45, 7) is 2.62. The monoisotopic (exact) mass is 373 g/mol. The quantitative estimate of drug-likeness (QED) is 0.536. The van der Waals surface area contributed by atoms with Crippen molar-refractivity contribution < 1.29 is 14.0 Å². The number of thiocarbonyl (C=S) groups is 1. The first-order chi connectivity index (χ1) is 12.5. The molecule has 2 amide bonds. The molecule has 2 rings (SSSR count). The first-order valence-electron chi connectivity index (χ1n) is 8.27. The summed E-state index contributed by atoms with van der Waals surface area (Å²) in [5.74, 6) is -1.53. The molecule has 3 N–H and O–H groups in total. The summed E-state index contributed by atoms with van der Waals surface area (Å²) in [7, 11) is 0. The molecule has 2 aromatic carbocycles. The zero-order valence-electron chi connectivity index (χ0n) is 14.3. The predicted octanol–water partition coefficient (Wildman–Crippen LogP) is 3.48. The van der Waals surface area contributed by atoms with Gasteiger partial charge in [0.1, 0.15) is 5.82 Å². The Hall–Kier alpha value is -2.80. The summed E-state index contributed by atoms with van der Waals surface area (Å²) < 4.78 is 13.7. The smallest absolute Gasteiger partial charge is 0.260 e. The Balaban J connectivity index is 2.04. The van der Waals surface area contributed by atoms with Crippen molar-refractivity contribution in [2.75, 3.05) is 11.9 Å². The second-order valence-corrected chi connectivity index (χ2v) is 5.95. The zero-order chi connectivity index (χ0) is 18.9. The van der Waals surface area contributed by atoms with Crippen LogP contribution in [0, 0.1) is 5.82 Å². The van der Waals surface area contributed by atoms with E-state index in [4.69, 9.17) is 12.2 Å². The van der Waals surface area contributed by atoms with Gasteiger partial charge >= 0.3 is 0 Å². The molecule has 2 aromatic rings. The van der Waals surface area contributed by atoms with Crippen LogP contribution in [0.25, 0.3) is 0 Å². The van der Waals surface area contributed by atoms with Gasteiger partial charge in [0.2, 0.25) is 0 Å². The third-order valence-corrected chi connectivity index (χ3v) is 3.79. The van der Waals surface area contributed by atoms with Crippen LogP contribution in [0.2, 0.25) is 0 Å². The SMILES string of the molecule is CCCCNC(=O)c1ccccc1NC(=S)NC(=O)c1ccccc1F. The number of anilines is 1. The van der Waals surface area contributed by atoms with Crippen LogP contribution in [0.3, 0.4) is 0 Å². The lowest BCUT2D eigenvalue weighted by Crippen LogP contribution is -2.35. The molecular weight excluding hydrogens is 353 g/mol. The van der Waals surface area contributed by atoms with Gasteiger partial charge in [0.05, 0.1) is 16.8 Å². The minimum Gasteiger partial charge on any atom is -0.352 e. The molecule has 0 spiro atoms. The standard InChI is InChI=1S/C19H20FN3O2S/c1-2-3-12-21-17(24)14-9-5-7-11-16(14)22-19(26)23-18(25)13-8-4-6-10-15(13)20/h4-11H,2-3,12H2,1H3,(H,21,24)(H2,22,23,25,26). The maximum absolute atomic E-state index is 13.7. The maximum Gasteiger partial charge on any atom is 0.260 e. The highest BCUT2D eigenvalue weighted by Crippen LogP contribution is 2.15. The molecule has 0 fully saturated rings. The zero-order valence-corrected chi connectivity index (χ0v) is 15.2. The maximum atomic E-state index is 13.7. The Labute approximate surface area is 157 Å². The van der Waals surface area contributed by atoms with Gasteiger partial charge < -0.3 is 10.6 Å². The molecule has 26 heavy (non-hydrogen) atoms. The average molecular weight is 373 g/mol. The van der Waals surface area contributed by atoms with Crippen molar-refractivity contribution in [2.45, 2.75) is 19.8 Å². The van der Waals surface area contributed by atoms with Crippen molar-refractivity contribution in [2.24, 2.45) is 0 Å². The van der Waals surface area contributed by atoms with E-state index in [0.717, 1.165) is 12.8 Å². The molecule has 0 aliphatic carbocycles. The molecule has 0 heterocycles. The topological polar surface area (TPSA) is 70.2 Å². The molecule has 0 saturated carbocycles. The van der Waals surface area contributed by atoms with Crippen LogP contribution < -0.4 is 16.0 Å². The third kappa shape index (κ3) is 5.35. The number of nitrogens with one attached hydrogen (secondary N) is 3. The molecular formula is C19H20FN3O2S. The molecule has 0 unspecified atom stereocenters. The van der Waals surface area contributed by atoms with Gasteiger partial charge in [-0.3, -0.25) is 14.9 Å². The largest absolute Gasteiger partial charge is 0.352 e. The number of halogens is 1. The van der Waals surface area contributed by atoms with E-state index in [2.05, 4.69) is 16.0 Å². The lowest BCUT2D eigenvalue weighted by atomic mass is 10.1. The van der Waals surface area contributed by atoms with E-state index in [1.54, 1.807) is 30.3 Å². The minimum atomic E-state index is -0.662. The number of carbonyl (C=O) groups excluding carboxylic acids is 2. The fourth-order valence-corrected chi connectivity index (χ4v) is 2.44. The number of hydrogen-bond acceptors (Lipinski definition) is 3. The minimum absolute atomic E-state index is 0.0212. The summed E-state index contributed by atoms with van der Waals surface area (Å²) in [5.41, 5.74) is 0.758. The van der Waals surface area contributed by atoms with Crippen LogP contribution in [0.1, 0.15) is 40.5 Å². The van der Waals surface area contributed by atoms with E-state index in [9.17, 15) is 14.0 Å². The van der Waals surface area contributed by atoms with E-state index < -0.39 is 11.7 Å². The number of carbonyl (C=O) groups is 2. The van der Waals surface area contributed by atoms with E-state index >= 15 is 0 Å². The lowest BCUT2D eigenvalue weighted by molar-refractivity contribution is 0.0951. The van der Waals surface area contributed by atoms with Gasteiger partial charge in [-0.25, -0.2) is 4.39 Å². The molecule has 0 radical (unpaired) electrons. The highest BCUT2D eigenvalue weighted by molar-refractivity contribution is 7.80. The van der Waals surface area contributed by atoms with Crippen molar-refractivity contribution >= 4 is 34.8 Å². The van der Waals surface area contributed by atoms with Gasteiger partial charge in [-0.05, 0) is 42.9 Å². The Morgan fingerprint density at radius 3 is 2.35 bits per heavy atom. The highest BCUT2D eigenvalue weighted by Gasteiger charge is 2.15. The van der Waals surface area contributed by atoms with Crippen molar-refractivity contribution in [3.05, 3.63) is 65.5 Å². The molecule has 0 aliphatic rings. The molecule has 0 aromatic heterocycles. The van der Waals surface area contributed by atoms with Crippen molar-refractivity contribution in [3.63, 3.8) is 0 Å². The third-order valence-electron chi connectivity index (χ3n) is 3.58. The fourth-order valence-electron chi connectivity index (χ4n) is 2.23.